The van der Waals surface area contributed by atoms with E-state index in [9.17, 15) is 4.79 Å². The van der Waals surface area contributed by atoms with Gasteiger partial charge in [0.25, 0.3) is 0 Å². The Morgan fingerprint density at radius 3 is 1.74 bits per heavy atom. The summed E-state index contributed by atoms with van der Waals surface area (Å²) in [6, 6.07) is 0. The summed E-state index contributed by atoms with van der Waals surface area (Å²) >= 11 is 0. The van der Waals surface area contributed by atoms with Crippen LogP contribution in [-0.2, 0) is 4.79 Å². The van der Waals surface area contributed by atoms with Gasteiger partial charge in [0.1, 0.15) is 0 Å². The van der Waals surface area contributed by atoms with E-state index < -0.39 is 5.97 Å². The Bertz CT molecular complexity index is 333. The average molecular weight is 330 g/mol. The summed E-state index contributed by atoms with van der Waals surface area (Å²) in [4.78, 5) is 10.2. The first-order valence-electron chi connectivity index (χ1n) is 9.00. The molecule has 0 aliphatic carbocycles. The van der Waals surface area contributed by atoms with Gasteiger partial charge in [-0.3, -0.25) is 0 Å². The molecule has 0 unspecified atom stereocenters. The monoisotopic (exact) mass is 330 g/mol. The summed E-state index contributed by atoms with van der Waals surface area (Å²) in [6.07, 6.45) is 26.7. The zero-order valence-corrected chi connectivity index (χ0v) is 14.3. The second-order valence-corrected chi connectivity index (χ2v) is 5.83. The Labute approximate surface area is 165 Å². The van der Waals surface area contributed by atoms with Crippen molar-refractivity contribution in [2.75, 3.05) is 0 Å². The van der Waals surface area contributed by atoms with Gasteiger partial charge in [-0.05, 0) is 12.8 Å². The maximum absolute atomic E-state index is 10.2. The van der Waals surface area contributed by atoms with Crippen molar-refractivity contribution in [3.8, 4) is 0 Å². The predicted octanol–water partition coefficient (Wildman–Crippen LogP) is 5.79. The minimum atomic E-state index is -0.908. The molecule has 0 atom stereocenters. The fourth-order valence-electron chi connectivity index (χ4n) is 2.37. The van der Waals surface area contributed by atoms with Crippen molar-refractivity contribution in [1.29, 1.82) is 0 Å². The summed E-state index contributed by atoms with van der Waals surface area (Å²) in [5.41, 5.74) is 0. The zero-order chi connectivity index (χ0) is 16.3. The van der Waals surface area contributed by atoms with Crippen LogP contribution in [0.2, 0.25) is 0 Å². The number of allylic oxidation sites excluding steroid dienone is 5. The van der Waals surface area contributed by atoms with E-state index in [0.717, 1.165) is 12.5 Å². The van der Waals surface area contributed by atoms with Crippen LogP contribution in [0.1, 0.15) is 84.0 Å². The molecule has 2 nitrogen and oxygen atoms in total. The van der Waals surface area contributed by atoms with Crippen LogP contribution in [0.4, 0.5) is 0 Å². The van der Waals surface area contributed by atoms with Gasteiger partial charge >= 0.3 is 35.5 Å². The Balaban J connectivity index is 0. The molecule has 0 radical (unpaired) electrons. The third-order valence-electron chi connectivity index (χ3n) is 3.68. The van der Waals surface area contributed by atoms with Gasteiger partial charge in [0, 0.05) is 6.08 Å². The van der Waals surface area contributed by atoms with Gasteiger partial charge in [-0.25, -0.2) is 4.79 Å². The molecule has 1 N–H and O–H groups in total. The number of carboxylic acids is 1. The van der Waals surface area contributed by atoms with Crippen molar-refractivity contribution in [2.24, 2.45) is 0 Å². The van der Waals surface area contributed by atoms with Crippen LogP contribution in [0.5, 0.6) is 0 Å². The third-order valence-corrected chi connectivity index (χ3v) is 3.68. The SMILES string of the molecule is CCCCCCCCCCCCCC=CC=CC=CC(=O)O.[NaH]. The Morgan fingerprint density at radius 2 is 1.22 bits per heavy atom. The molecule has 0 aromatic rings. The van der Waals surface area contributed by atoms with Gasteiger partial charge < -0.3 is 5.11 Å². The van der Waals surface area contributed by atoms with E-state index in [0.29, 0.717) is 0 Å². The first-order valence-corrected chi connectivity index (χ1v) is 9.00. The van der Waals surface area contributed by atoms with Gasteiger partial charge in [0.2, 0.25) is 0 Å². The molecule has 23 heavy (non-hydrogen) atoms. The topological polar surface area (TPSA) is 37.3 Å². The number of rotatable bonds is 15. The van der Waals surface area contributed by atoms with Crippen LogP contribution in [0.15, 0.2) is 36.5 Å². The predicted molar refractivity (Wildman–Crippen MR) is 103 cm³/mol. The normalized spacial score (nSPS) is 11.5. The van der Waals surface area contributed by atoms with Gasteiger partial charge in [-0.1, -0.05) is 102 Å². The average Bonchev–Trinajstić information content (AvgIpc) is 2.50. The molecule has 0 fully saturated rings. The summed E-state index contributed by atoms with van der Waals surface area (Å²) in [6.45, 7) is 2.27. The van der Waals surface area contributed by atoms with Crippen LogP contribution < -0.4 is 0 Å². The fraction of sp³-hybridized carbons (Fsp3) is 0.650. The van der Waals surface area contributed by atoms with E-state index >= 15 is 0 Å². The van der Waals surface area contributed by atoms with Gasteiger partial charge in [-0.2, -0.15) is 0 Å². The van der Waals surface area contributed by atoms with Gasteiger partial charge in [-0.15, -0.1) is 0 Å². The van der Waals surface area contributed by atoms with E-state index in [4.69, 9.17) is 5.11 Å². The summed E-state index contributed by atoms with van der Waals surface area (Å²) < 4.78 is 0. The quantitative estimate of drug-likeness (QED) is 0.178. The molecule has 0 saturated carbocycles. The van der Waals surface area contributed by atoms with Crippen LogP contribution >= 0.6 is 0 Å². The van der Waals surface area contributed by atoms with Crippen molar-refractivity contribution in [2.45, 2.75) is 84.0 Å². The van der Waals surface area contributed by atoms with Crippen LogP contribution in [-0.4, -0.2) is 40.6 Å². The number of carbonyl (C=O) groups is 1. The maximum atomic E-state index is 10.2. The van der Waals surface area contributed by atoms with E-state index in [1.807, 2.05) is 12.2 Å². The number of aliphatic carboxylic acids is 1. The summed E-state index contributed by atoms with van der Waals surface area (Å²) in [5.74, 6) is -0.908. The molecule has 0 saturated heterocycles. The first kappa shape index (κ1) is 24.9. The van der Waals surface area contributed by atoms with Crippen molar-refractivity contribution in [3.05, 3.63) is 36.5 Å². The minimum absolute atomic E-state index is 0. The number of hydrogen-bond acceptors (Lipinski definition) is 1. The van der Waals surface area contributed by atoms with E-state index in [1.165, 1.54) is 76.7 Å². The number of carboxylic acid groups (broad SMARTS) is 1. The number of unbranched alkanes of at least 4 members (excludes halogenated alkanes) is 11. The van der Waals surface area contributed by atoms with Crippen LogP contribution in [0, 0.1) is 0 Å². The second kappa shape index (κ2) is 21.7. The van der Waals surface area contributed by atoms with Crippen molar-refractivity contribution < 1.29 is 9.90 Å². The van der Waals surface area contributed by atoms with Gasteiger partial charge in [0.05, 0.1) is 0 Å². The van der Waals surface area contributed by atoms with Gasteiger partial charge in [0.15, 0.2) is 0 Å². The van der Waals surface area contributed by atoms with Crippen molar-refractivity contribution in [3.63, 3.8) is 0 Å². The molecule has 0 aliphatic heterocycles. The Morgan fingerprint density at radius 1 is 0.739 bits per heavy atom. The molecule has 0 amide bonds. The molecule has 0 aromatic heterocycles. The molecule has 0 rings (SSSR count). The molecule has 0 spiro atoms. The van der Waals surface area contributed by atoms with Crippen molar-refractivity contribution in [1.82, 2.24) is 0 Å². The Kier molecular flexibility index (Phi) is 23.5. The van der Waals surface area contributed by atoms with E-state index in [-0.39, 0.29) is 29.6 Å². The standard InChI is InChI=1S/C20H34O2.Na.H/c1-2-3-4-5-6-7-8-9-10-11-12-13-14-15-16-17-18-19-20(21)22;;/h14-19H,2-13H2,1H3,(H,21,22);;. The fourth-order valence-corrected chi connectivity index (χ4v) is 2.37. The first-order chi connectivity index (χ1) is 10.8. The second-order valence-electron chi connectivity index (χ2n) is 5.83. The third kappa shape index (κ3) is 24.1. The Hall–Kier alpha value is -0.310. The summed E-state index contributed by atoms with van der Waals surface area (Å²) in [7, 11) is 0. The number of hydrogen-bond donors (Lipinski definition) is 1. The van der Waals surface area contributed by atoms with E-state index in [1.54, 1.807) is 6.08 Å². The molecular weight excluding hydrogens is 295 g/mol. The van der Waals surface area contributed by atoms with Crippen LogP contribution in [0.25, 0.3) is 0 Å². The van der Waals surface area contributed by atoms with Crippen molar-refractivity contribution >= 4 is 35.5 Å². The van der Waals surface area contributed by atoms with E-state index in [2.05, 4.69) is 13.0 Å². The molecule has 128 valence electrons. The molecule has 0 bridgehead atoms. The zero-order valence-electron chi connectivity index (χ0n) is 14.3. The molecule has 0 aliphatic rings. The molecular formula is C20H35NaO2. The summed E-state index contributed by atoms with van der Waals surface area (Å²) in [5, 5.41) is 8.40. The molecule has 0 heterocycles. The molecule has 3 heteroatoms. The van der Waals surface area contributed by atoms with Crippen LogP contribution in [0.3, 0.4) is 0 Å². The molecule has 0 aromatic carbocycles.